The van der Waals surface area contributed by atoms with Crippen molar-refractivity contribution in [2.45, 2.75) is 19.5 Å². The number of nitrogens with two attached hydrogens (primary N) is 1. The monoisotopic (exact) mass is 232 g/mol. The molecule has 0 spiro atoms. The molecular formula is C13H20N4. The summed E-state index contributed by atoms with van der Waals surface area (Å²) in [6.07, 6.45) is 0. The Morgan fingerprint density at radius 1 is 1.35 bits per heavy atom. The minimum Gasteiger partial charge on any atom is -0.328 e. The molecule has 0 aliphatic carbocycles. The summed E-state index contributed by atoms with van der Waals surface area (Å²) < 4.78 is 2.25. The van der Waals surface area contributed by atoms with E-state index in [2.05, 4.69) is 41.5 Å². The first-order chi connectivity index (χ1) is 8.13. The van der Waals surface area contributed by atoms with Gasteiger partial charge in [0.1, 0.15) is 5.82 Å². The number of rotatable bonds is 4. The summed E-state index contributed by atoms with van der Waals surface area (Å²) in [6, 6.07) is 8.49. The lowest BCUT2D eigenvalue weighted by Gasteiger charge is -2.17. The van der Waals surface area contributed by atoms with Gasteiger partial charge in [0.25, 0.3) is 0 Å². The molecule has 0 saturated heterocycles. The molecule has 0 amide bonds. The fourth-order valence-electron chi connectivity index (χ4n) is 2.09. The Morgan fingerprint density at radius 2 is 2.06 bits per heavy atom. The van der Waals surface area contributed by atoms with Gasteiger partial charge in [0.15, 0.2) is 0 Å². The standard InChI is InChI=1S/C13H20N4/c1-10(8-14)17-12-7-5-4-6-11(12)15-13(17)9-16(2)3/h4-7,10H,8-9,14H2,1-3H3. The zero-order valence-electron chi connectivity index (χ0n) is 10.7. The van der Waals surface area contributed by atoms with Gasteiger partial charge >= 0.3 is 0 Å². The number of imidazole rings is 1. The van der Waals surface area contributed by atoms with Crippen LogP contribution in [0.5, 0.6) is 0 Å². The number of benzene rings is 1. The smallest absolute Gasteiger partial charge is 0.124 e. The average molecular weight is 232 g/mol. The zero-order valence-corrected chi connectivity index (χ0v) is 10.7. The molecule has 0 fully saturated rings. The minimum atomic E-state index is 0.275. The van der Waals surface area contributed by atoms with E-state index in [9.17, 15) is 0 Å². The molecule has 2 rings (SSSR count). The molecule has 0 aliphatic rings. The van der Waals surface area contributed by atoms with Gasteiger partial charge in [0.2, 0.25) is 0 Å². The second-order valence-electron chi connectivity index (χ2n) is 4.71. The van der Waals surface area contributed by atoms with Gasteiger partial charge in [0.05, 0.1) is 17.6 Å². The molecule has 2 aromatic rings. The Morgan fingerprint density at radius 3 is 2.71 bits per heavy atom. The lowest BCUT2D eigenvalue weighted by atomic mass is 10.2. The van der Waals surface area contributed by atoms with Crippen LogP contribution in [0.15, 0.2) is 24.3 Å². The summed E-state index contributed by atoms with van der Waals surface area (Å²) in [4.78, 5) is 6.81. The van der Waals surface area contributed by atoms with Gasteiger partial charge in [0, 0.05) is 12.6 Å². The number of para-hydroxylation sites is 2. The molecule has 1 aromatic carbocycles. The van der Waals surface area contributed by atoms with E-state index in [1.54, 1.807) is 0 Å². The Kier molecular flexibility index (Phi) is 3.45. The maximum Gasteiger partial charge on any atom is 0.124 e. The second kappa shape index (κ2) is 4.85. The predicted octanol–water partition coefficient (Wildman–Crippen LogP) is 1.62. The third-order valence-corrected chi connectivity index (χ3v) is 2.91. The van der Waals surface area contributed by atoms with Crippen molar-refractivity contribution < 1.29 is 0 Å². The molecule has 4 nitrogen and oxygen atoms in total. The normalized spacial score (nSPS) is 13.5. The summed E-state index contributed by atoms with van der Waals surface area (Å²) in [6.45, 7) is 3.59. The van der Waals surface area contributed by atoms with Gasteiger partial charge in [-0.15, -0.1) is 0 Å². The third kappa shape index (κ3) is 2.33. The first-order valence-corrected chi connectivity index (χ1v) is 5.94. The third-order valence-electron chi connectivity index (χ3n) is 2.91. The van der Waals surface area contributed by atoms with Gasteiger partial charge < -0.3 is 15.2 Å². The van der Waals surface area contributed by atoms with Crippen molar-refractivity contribution in [2.24, 2.45) is 5.73 Å². The van der Waals surface area contributed by atoms with E-state index in [-0.39, 0.29) is 6.04 Å². The fraction of sp³-hybridized carbons (Fsp3) is 0.462. The molecule has 0 bridgehead atoms. The van der Waals surface area contributed by atoms with Crippen LogP contribution in [0.4, 0.5) is 0 Å². The number of nitrogens with zero attached hydrogens (tertiary/aromatic N) is 3. The van der Waals surface area contributed by atoms with Gasteiger partial charge in [-0.25, -0.2) is 4.98 Å². The fourth-order valence-corrected chi connectivity index (χ4v) is 2.09. The van der Waals surface area contributed by atoms with Crippen LogP contribution >= 0.6 is 0 Å². The molecule has 1 heterocycles. The van der Waals surface area contributed by atoms with Crippen molar-refractivity contribution in [2.75, 3.05) is 20.6 Å². The lowest BCUT2D eigenvalue weighted by molar-refractivity contribution is 0.374. The minimum absolute atomic E-state index is 0.275. The van der Waals surface area contributed by atoms with Crippen LogP contribution < -0.4 is 5.73 Å². The van der Waals surface area contributed by atoms with E-state index in [0.29, 0.717) is 6.54 Å². The van der Waals surface area contributed by atoms with Crippen molar-refractivity contribution in [1.29, 1.82) is 0 Å². The number of aromatic nitrogens is 2. The van der Waals surface area contributed by atoms with E-state index in [4.69, 9.17) is 5.73 Å². The van der Waals surface area contributed by atoms with Crippen LogP contribution in [0.1, 0.15) is 18.8 Å². The summed E-state index contributed by atoms with van der Waals surface area (Å²) in [5.41, 5.74) is 8.01. The van der Waals surface area contributed by atoms with Crippen LogP contribution in [0.25, 0.3) is 11.0 Å². The summed E-state index contributed by atoms with van der Waals surface area (Å²) in [7, 11) is 4.10. The van der Waals surface area contributed by atoms with E-state index < -0.39 is 0 Å². The van der Waals surface area contributed by atoms with Crippen molar-refractivity contribution in [1.82, 2.24) is 14.5 Å². The second-order valence-corrected chi connectivity index (χ2v) is 4.71. The highest BCUT2D eigenvalue weighted by atomic mass is 15.2. The molecule has 0 radical (unpaired) electrons. The Hall–Kier alpha value is -1.39. The van der Waals surface area contributed by atoms with Crippen LogP contribution in [0, 0.1) is 0 Å². The topological polar surface area (TPSA) is 47.1 Å². The summed E-state index contributed by atoms with van der Waals surface area (Å²) in [5, 5.41) is 0. The highest BCUT2D eigenvalue weighted by molar-refractivity contribution is 5.76. The number of hydrogen-bond donors (Lipinski definition) is 1. The molecule has 1 unspecified atom stereocenters. The first-order valence-electron chi connectivity index (χ1n) is 5.94. The Labute approximate surface area is 102 Å². The van der Waals surface area contributed by atoms with Crippen LogP contribution in [0.3, 0.4) is 0 Å². The first kappa shape index (κ1) is 12.1. The Bertz CT molecular complexity index is 501. The SMILES string of the molecule is CC(CN)n1c(CN(C)C)nc2ccccc21. The maximum absolute atomic E-state index is 5.79. The molecule has 1 aromatic heterocycles. The molecule has 4 heteroatoms. The van der Waals surface area contributed by atoms with E-state index in [1.807, 2.05) is 18.2 Å². The van der Waals surface area contributed by atoms with Gasteiger partial charge in [-0.2, -0.15) is 0 Å². The molecule has 0 aliphatic heterocycles. The largest absolute Gasteiger partial charge is 0.328 e. The van der Waals surface area contributed by atoms with Crippen molar-refractivity contribution in [3.05, 3.63) is 30.1 Å². The average Bonchev–Trinajstić information content (AvgIpc) is 2.65. The quantitative estimate of drug-likeness (QED) is 0.871. The van der Waals surface area contributed by atoms with Crippen LogP contribution in [-0.4, -0.2) is 35.1 Å². The van der Waals surface area contributed by atoms with Crippen LogP contribution in [-0.2, 0) is 6.54 Å². The van der Waals surface area contributed by atoms with E-state index in [0.717, 1.165) is 17.9 Å². The molecular weight excluding hydrogens is 212 g/mol. The maximum atomic E-state index is 5.79. The summed E-state index contributed by atoms with van der Waals surface area (Å²) >= 11 is 0. The van der Waals surface area contributed by atoms with Gasteiger partial charge in [-0.3, -0.25) is 0 Å². The molecule has 0 saturated carbocycles. The molecule has 1 atom stereocenters. The Balaban J connectivity index is 2.56. The van der Waals surface area contributed by atoms with E-state index in [1.165, 1.54) is 5.52 Å². The highest BCUT2D eigenvalue weighted by Gasteiger charge is 2.14. The lowest BCUT2D eigenvalue weighted by Crippen LogP contribution is -2.21. The number of hydrogen-bond acceptors (Lipinski definition) is 3. The summed E-state index contributed by atoms with van der Waals surface area (Å²) in [5.74, 6) is 1.08. The van der Waals surface area contributed by atoms with Crippen molar-refractivity contribution in [3.63, 3.8) is 0 Å². The molecule has 92 valence electrons. The number of fused-ring (bicyclic) bond motifs is 1. The molecule has 2 N–H and O–H groups in total. The molecule has 17 heavy (non-hydrogen) atoms. The van der Waals surface area contributed by atoms with Gasteiger partial charge in [-0.1, -0.05) is 12.1 Å². The highest BCUT2D eigenvalue weighted by Crippen LogP contribution is 2.21. The van der Waals surface area contributed by atoms with Gasteiger partial charge in [-0.05, 0) is 33.2 Å². The predicted molar refractivity (Wildman–Crippen MR) is 70.9 cm³/mol. The van der Waals surface area contributed by atoms with Crippen molar-refractivity contribution in [3.8, 4) is 0 Å². The van der Waals surface area contributed by atoms with E-state index >= 15 is 0 Å². The zero-order chi connectivity index (χ0) is 12.4. The van der Waals surface area contributed by atoms with Crippen LogP contribution in [0.2, 0.25) is 0 Å². The van der Waals surface area contributed by atoms with Crippen molar-refractivity contribution >= 4 is 11.0 Å².